The first kappa shape index (κ1) is 13.8. The van der Waals surface area contributed by atoms with Crippen molar-refractivity contribution in [2.75, 3.05) is 0 Å². The summed E-state index contributed by atoms with van der Waals surface area (Å²) in [6, 6.07) is 7.24. The third-order valence-corrected chi connectivity index (χ3v) is 5.02. The Hall–Kier alpha value is -1.17. The number of H-pyrrole nitrogens is 1. The minimum absolute atomic E-state index is 0.112. The fraction of sp³-hybridized carbons (Fsp3) is 0.214. The van der Waals surface area contributed by atoms with Gasteiger partial charge >= 0.3 is 0 Å². The van der Waals surface area contributed by atoms with E-state index in [1.807, 2.05) is 4.57 Å². The molecule has 6 heteroatoms. The highest BCUT2D eigenvalue weighted by atomic mass is 35.5. The number of aromatic nitrogens is 2. The van der Waals surface area contributed by atoms with Crippen LogP contribution in [-0.4, -0.2) is 9.55 Å². The maximum absolute atomic E-state index is 13.5. The highest BCUT2D eigenvalue weighted by molar-refractivity contribution is 7.71. The molecule has 0 aliphatic rings. The monoisotopic (exact) mass is 326 g/mol. The lowest BCUT2D eigenvalue weighted by Gasteiger charge is -2.03. The van der Waals surface area contributed by atoms with Crippen LogP contribution in [0.25, 0.3) is 11.0 Å². The number of aromatic amines is 1. The van der Waals surface area contributed by atoms with Gasteiger partial charge in [-0.15, -0.1) is 11.3 Å². The number of rotatable bonds is 3. The Kier molecular flexibility index (Phi) is 3.67. The van der Waals surface area contributed by atoms with Crippen LogP contribution in [0, 0.1) is 10.6 Å². The SMILES string of the molecule is CCc1ccc(Cn2c(=S)[nH]c3cc(F)c(Cl)cc32)s1. The van der Waals surface area contributed by atoms with Crippen molar-refractivity contribution in [3.8, 4) is 0 Å². The summed E-state index contributed by atoms with van der Waals surface area (Å²) in [5.74, 6) is -0.438. The van der Waals surface area contributed by atoms with Crippen molar-refractivity contribution in [3.63, 3.8) is 0 Å². The summed E-state index contributed by atoms with van der Waals surface area (Å²) < 4.78 is 16.0. The van der Waals surface area contributed by atoms with Crippen molar-refractivity contribution in [1.82, 2.24) is 9.55 Å². The van der Waals surface area contributed by atoms with Crippen LogP contribution < -0.4 is 0 Å². The van der Waals surface area contributed by atoms with Gasteiger partial charge in [-0.25, -0.2) is 4.39 Å². The highest BCUT2D eigenvalue weighted by Gasteiger charge is 2.10. The normalized spacial score (nSPS) is 11.3. The molecular weight excluding hydrogens is 315 g/mol. The molecule has 2 nitrogen and oxygen atoms in total. The Balaban J connectivity index is 2.08. The number of benzene rings is 1. The Morgan fingerprint density at radius 2 is 2.10 bits per heavy atom. The molecule has 2 heterocycles. The molecule has 0 saturated heterocycles. The first-order chi connectivity index (χ1) is 9.58. The van der Waals surface area contributed by atoms with Gasteiger partial charge in [-0.05, 0) is 36.8 Å². The molecule has 3 rings (SSSR count). The van der Waals surface area contributed by atoms with Gasteiger partial charge < -0.3 is 9.55 Å². The fourth-order valence-electron chi connectivity index (χ4n) is 2.16. The standard InChI is InChI=1S/C14H12ClFN2S2/c1-2-8-3-4-9(20-8)7-18-13-5-10(15)11(16)6-12(13)17-14(18)19/h3-6H,2,7H2,1H3,(H,17,19). The number of thiophene rings is 1. The summed E-state index contributed by atoms with van der Waals surface area (Å²) in [5.41, 5.74) is 1.50. The number of imidazole rings is 1. The smallest absolute Gasteiger partial charge is 0.178 e. The van der Waals surface area contributed by atoms with Gasteiger partial charge in [0.05, 0.1) is 22.6 Å². The van der Waals surface area contributed by atoms with Gasteiger partial charge in [0.25, 0.3) is 0 Å². The van der Waals surface area contributed by atoms with E-state index in [0.29, 0.717) is 16.8 Å². The molecular formula is C14H12ClFN2S2. The molecule has 0 bridgehead atoms. The second kappa shape index (κ2) is 5.31. The number of hydrogen-bond donors (Lipinski definition) is 1. The van der Waals surface area contributed by atoms with Gasteiger partial charge in [-0.3, -0.25) is 0 Å². The average Bonchev–Trinajstić information content (AvgIpc) is 2.98. The molecule has 0 spiro atoms. The minimum atomic E-state index is -0.438. The molecule has 0 fully saturated rings. The summed E-state index contributed by atoms with van der Waals surface area (Å²) in [4.78, 5) is 5.58. The van der Waals surface area contributed by atoms with Crippen molar-refractivity contribution in [3.05, 3.63) is 49.6 Å². The lowest BCUT2D eigenvalue weighted by atomic mass is 10.3. The quantitative estimate of drug-likeness (QED) is 0.659. The van der Waals surface area contributed by atoms with E-state index < -0.39 is 5.82 Å². The number of fused-ring (bicyclic) bond motifs is 1. The molecule has 0 aliphatic carbocycles. The zero-order valence-corrected chi connectivity index (χ0v) is 13.1. The van der Waals surface area contributed by atoms with Gasteiger partial charge in [0.15, 0.2) is 4.77 Å². The maximum Gasteiger partial charge on any atom is 0.178 e. The number of nitrogens with zero attached hydrogens (tertiary/aromatic N) is 1. The third-order valence-electron chi connectivity index (χ3n) is 3.20. The molecule has 1 N–H and O–H groups in total. The second-order valence-electron chi connectivity index (χ2n) is 4.52. The Morgan fingerprint density at radius 3 is 2.80 bits per heavy atom. The van der Waals surface area contributed by atoms with Gasteiger partial charge in [0.1, 0.15) is 5.82 Å². The molecule has 0 aliphatic heterocycles. The Labute approximate surface area is 129 Å². The van der Waals surface area contributed by atoms with E-state index in [1.54, 1.807) is 17.4 Å². The summed E-state index contributed by atoms with van der Waals surface area (Å²) in [6.45, 7) is 2.81. The van der Waals surface area contributed by atoms with Crippen molar-refractivity contribution < 1.29 is 4.39 Å². The largest absolute Gasteiger partial charge is 0.330 e. The summed E-state index contributed by atoms with van der Waals surface area (Å²) in [7, 11) is 0. The molecule has 0 saturated carbocycles. The van der Waals surface area contributed by atoms with Crippen molar-refractivity contribution in [1.29, 1.82) is 0 Å². The van der Waals surface area contributed by atoms with Crippen LogP contribution in [0.5, 0.6) is 0 Å². The molecule has 20 heavy (non-hydrogen) atoms. The van der Waals surface area contributed by atoms with Crippen molar-refractivity contribution in [2.45, 2.75) is 19.9 Å². The average molecular weight is 327 g/mol. The second-order valence-corrected chi connectivity index (χ2v) is 6.57. The lowest BCUT2D eigenvalue weighted by Crippen LogP contribution is -1.97. The molecule has 0 unspecified atom stereocenters. The summed E-state index contributed by atoms with van der Waals surface area (Å²) in [5, 5.41) is 0.112. The van der Waals surface area contributed by atoms with E-state index >= 15 is 0 Å². The third kappa shape index (κ3) is 2.41. The van der Waals surface area contributed by atoms with E-state index in [2.05, 4.69) is 24.0 Å². The van der Waals surface area contributed by atoms with Gasteiger partial charge in [-0.1, -0.05) is 18.5 Å². The van der Waals surface area contributed by atoms with Crippen LogP contribution in [0.4, 0.5) is 4.39 Å². The Bertz CT molecular complexity index is 831. The molecule has 3 aromatic rings. The van der Waals surface area contributed by atoms with Crippen LogP contribution >= 0.6 is 35.2 Å². The topological polar surface area (TPSA) is 20.7 Å². The van der Waals surface area contributed by atoms with Gasteiger partial charge in [0, 0.05) is 15.8 Å². The van der Waals surface area contributed by atoms with Crippen molar-refractivity contribution >= 4 is 46.2 Å². The summed E-state index contributed by atoms with van der Waals surface area (Å²) >= 11 is 13.0. The number of halogens is 2. The molecule has 104 valence electrons. The minimum Gasteiger partial charge on any atom is -0.330 e. The molecule has 2 aromatic heterocycles. The van der Waals surface area contributed by atoms with Crippen LogP contribution in [0.1, 0.15) is 16.7 Å². The van der Waals surface area contributed by atoms with E-state index in [1.165, 1.54) is 15.8 Å². The first-order valence-electron chi connectivity index (χ1n) is 6.23. The molecule has 0 radical (unpaired) electrons. The van der Waals surface area contributed by atoms with E-state index in [9.17, 15) is 4.39 Å². The summed E-state index contributed by atoms with van der Waals surface area (Å²) in [6.07, 6.45) is 1.03. The van der Waals surface area contributed by atoms with Crippen molar-refractivity contribution in [2.24, 2.45) is 0 Å². The number of aryl methyl sites for hydroxylation is 1. The van der Waals surface area contributed by atoms with E-state index in [0.717, 1.165) is 11.9 Å². The van der Waals surface area contributed by atoms with Gasteiger partial charge in [-0.2, -0.15) is 0 Å². The van der Waals surface area contributed by atoms with E-state index in [-0.39, 0.29) is 5.02 Å². The zero-order chi connectivity index (χ0) is 14.3. The number of hydrogen-bond acceptors (Lipinski definition) is 2. The van der Waals surface area contributed by atoms with Crippen LogP contribution in [-0.2, 0) is 13.0 Å². The molecule has 1 aromatic carbocycles. The maximum atomic E-state index is 13.5. The predicted molar refractivity (Wildman–Crippen MR) is 84.9 cm³/mol. The molecule has 0 atom stereocenters. The predicted octanol–water partition coefficient (Wildman–Crippen LogP) is 5.16. The zero-order valence-electron chi connectivity index (χ0n) is 10.7. The first-order valence-corrected chi connectivity index (χ1v) is 7.84. The lowest BCUT2D eigenvalue weighted by molar-refractivity contribution is 0.629. The van der Waals surface area contributed by atoms with Crippen LogP contribution in [0.15, 0.2) is 24.3 Å². The highest BCUT2D eigenvalue weighted by Crippen LogP contribution is 2.25. The van der Waals surface area contributed by atoms with Crippen LogP contribution in [0.2, 0.25) is 5.02 Å². The molecule has 0 amide bonds. The fourth-order valence-corrected chi connectivity index (χ4v) is 3.54. The Morgan fingerprint density at radius 1 is 1.35 bits per heavy atom. The van der Waals surface area contributed by atoms with Gasteiger partial charge in [0.2, 0.25) is 0 Å². The van der Waals surface area contributed by atoms with Crippen LogP contribution in [0.3, 0.4) is 0 Å². The number of nitrogens with one attached hydrogen (secondary N) is 1. The van der Waals surface area contributed by atoms with E-state index in [4.69, 9.17) is 23.8 Å².